The fourth-order valence-corrected chi connectivity index (χ4v) is 2.50. The molecule has 0 aliphatic carbocycles. The van der Waals surface area contributed by atoms with Gasteiger partial charge in [-0.3, -0.25) is 9.59 Å². The largest absolute Gasteiger partial charge is 0.484 e. The van der Waals surface area contributed by atoms with Gasteiger partial charge in [-0.2, -0.15) is 0 Å². The van der Waals surface area contributed by atoms with E-state index in [0.29, 0.717) is 11.4 Å². The van der Waals surface area contributed by atoms with Crippen LogP contribution in [0.15, 0.2) is 24.3 Å². The van der Waals surface area contributed by atoms with Crippen LogP contribution >= 0.6 is 12.4 Å². The van der Waals surface area contributed by atoms with Gasteiger partial charge in [0.1, 0.15) is 5.75 Å². The molecular formula is C15H22ClN3O3. The van der Waals surface area contributed by atoms with Gasteiger partial charge in [0.25, 0.3) is 5.91 Å². The van der Waals surface area contributed by atoms with E-state index in [2.05, 4.69) is 10.6 Å². The van der Waals surface area contributed by atoms with Gasteiger partial charge < -0.3 is 21.1 Å². The Morgan fingerprint density at radius 2 is 2.05 bits per heavy atom. The molecule has 1 aromatic carbocycles. The van der Waals surface area contributed by atoms with Gasteiger partial charge in [-0.25, -0.2) is 0 Å². The summed E-state index contributed by atoms with van der Waals surface area (Å²) in [6.07, 6.45) is 2.63. The molecule has 0 radical (unpaired) electrons. The summed E-state index contributed by atoms with van der Waals surface area (Å²) in [5.74, 6) is 0.00822. The molecule has 0 aromatic heterocycles. The first-order valence-corrected chi connectivity index (χ1v) is 7.13. The minimum atomic E-state index is -0.524. The van der Waals surface area contributed by atoms with Crippen molar-refractivity contribution in [2.75, 3.05) is 18.5 Å². The van der Waals surface area contributed by atoms with Gasteiger partial charge in [0, 0.05) is 5.69 Å². The Morgan fingerprint density at radius 3 is 2.55 bits per heavy atom. The molecule has 1 saturated heterocycles. The molecule has 7 heteroatoms. The van der Waals surface area contributed by atoms with E-state index >= 15 is 0 Å². The van der Waals surface area contributed by atoms with Crippen LogP contribution in [0, 0.1) is 0 Å². The Bertz CT molecular complexity index is 513. The number of ether oxygens (including phenoxy) is 1. The number of anilines is 1. The molecule has 0 spiro atoms. The maximum Gasteiger partial charge on any atom is 0.255 e. The van der Waals surface area contributed by atoms with E-state index in [9.17, 15) is 9.59 Å². The first-order valence-electron chi connectivity index (χ1n) is 7.13. The van der Waals surface area contributed by atoms with Crippen molar-refractivity contribution in [3.05, 3.63) is 24.3 Å². The van der Waals surface area contributed by atoms with Gasteiger partial charge in [-0.1, -0.05) is 6.92 Å². The molecule has 1 fully saturated rings. The number of hydrogen-bond donors (Lipinski definition) is 3. The van der Waals surface area contributed by atoms with Gasteiger partial charge in [0.15, 0.2) is 6.61 Å². The van der Waals surface area contributed by atoms with E-state index in [-0.39, 0.29) is 24.9 Å². The van der Waals surface area contributed by atoms with Gasteiger partial charge >= 0.3 is 0 Å². The zero-order valence-electron chi connectivity index (χ0n) is 12.6. The van der Waals surface area contributed by atoms with Crippen molar-refractivity contribution >= 4 is 29.9 Å². The van der Waals surface area contributed by atoms with Crippen LogP contribution in [-0.2, 0) is 9.59 Å². The minimum absolute atomic E-state index is 0. The van der Waals surface area contributed by atoms with Gasteiger partial charge in [0.05, 0.1) is 5.54 Å². The highest BCUT2D eigenvalue weighted by atomic mass is 35.5. The quantitative estimate of drug-likeness (QED) is 0.737. The molecule has 1 atom stereocenters. The number of carbonyl (C=O) groups excluding carboxylic acids is 2. The predicted octanol–water partition coefficient (Wildman–Crippen LogP) is 1.44. The number of primary amides is 1. The summed E-state index contributed by atoms with van der Waals surface area (Å²) in [4.78, 5) is 23.0. The molecular weight excluding hydrogens is 306 g/mol. The van der Waals surface area contributed by atoms with Gasteiger partial charge in [-0.15, -0.1) is 12.4 Å². The summed E-state index contributed by atoms with van der Waals surface area (Å²) in [6.45, 7) is 2.73. The van der Waals surface area contributed by atoms with Crippen molar-refractivity contribution in [2.45, 2.75) is 31.7 Å². The Hall–Kier alpha value is -1.79. The van der Waals surface area contributed by atoms with E-state index in [1.165, 1.54) is 0 Å². The summed E-state index contributed by atoms with van der Waals surface area (Å²) in [5, 5.41) is 6.21. The lowest BCUT2D eigenvalue weighted by molar-refractivity contribution is -0.122. The van der Waals surface area contributed by atoms with Crippen molar-refractivity contribution < 1.29 is 14.3 Å². The zero-order chi connectivity index (χ0) is 15.3. The van der Waals surface area contributed by atoms with Crippen LogP contribution in [0.1, 0.15) is 26.2 Å². The summed E-state index contributed by atoms with van der Waals surface area (Å²) in [7, 11) is 0. The fourth-order valence-electron chi connectivity index (χ4n) is 2.50. The van der Waals surface area contributed by atoms with Crippen LogP contribution in [-0.4, -0.2) is 30.5 Å². The molecule has 1 aliphatic rings. The molecule has 122 valence electrons. The number of rotatable bonds is 6. The number of halogens is 1. The molecule has 22 heavy (non-hydrogen) atoms. The Labute approximate surface area is 136 Å². The average molecular weight is 328 g/mol. The second kappa shape index (κ2) is 8.00. The van der Waals surface area contributed by atoms with E-state index in [4.69, 9.17) is 10.5 Å². The number of amides is 2. The topological polar surface area (TPSA) is 93.4 Å². The monoisotopic (exact) mass is 327 g/mol. The lowest BCUT2D eigenvalue weighted by Crippen LogP contribution is -2.50. The maximum atomic E-state index is 12.4. The number of benzene rings is 1. The average Bonchev–Trinajstić information content (AvgIpc) is 2.96. The summed E-state index contributed by atoms with van der Waals surface area (Å²) < 4.78 is 5.17. The standard InChI is InChI=1S/C15H21N3O3.ClH/c1-2-15(8-3-9-17-15)14(20)18-11-4-6-12(7-5-11)21-10-13(16)19;/h4-7,17H,2-3,8-10H2,1H3,(H2,16,19)(H,18,20);1H. The highest BCUT2D eigenvalue weighted by Crippen LogP contribution is 2.25. The highest BCUT2D eigenvalue weighted by molar-refractivity contribution is 5.98. The summed E-state index contributed by atoms with van der Waals surface area (Å²) >= 11 is 0. The van der Waals surface area contributed by atoms with Crippen LogP contribution in [0.2, 0.25) is 0 Å². The van der Waals surface area contributed by atoms with Crippen LogP contribution in [0.3, 0.4) is 0 Å². The molecule has 1 aliphatic heterocycles. The number of nitrogens with two attached hydrogens (primary N) is 1. The second-order valence-electron chi connectivity index (χ2n) is 5.20. The normalized spacial score (nSPS) is 20.0. The third-order valence-corrected chi connectivity index (χ3v) is 3.78. The van der Waals surface area contributed by atoms with E-state index < -0.39 is 11.4 Å². The van der Waals surface area contributed by atoms with Gasteiger partial charge in [0.2, 0.25) is 5.91 Å². The molecule has 4 N–H and O–H groups in total. The Kier molecular flexibility index (Phi) is 6.64. The number of nitrogens with one attached hydrogen (secondary N) is 2. The molecule has 1 unspecified atom stereocenters. The van der Waals surface area contributed by atoms with Crippen molar-refractivity contribution in [1.29, 1.82) is 0 Å². The lowest BCUT2D eigenvalue weighted by Gasteiger charge is -2.26. The predicted molar refractivity (Wildman–Crippen MR) is 87.3 cm³/mol. The molecule has 0 saturated carbocycles. The molecule has 6 nitrogen and oxygen atoms in total. The fraction of sp³-hybridized carbons (Fsp3) is 0.467. The SMILES string of the molecule is CCC1(C(=O)Nc2ccc(OCC(N)=O)cc2)CCCN1.Cl. The highest BCUT2D eigenvalue weighted by Gasteiger charge is 2.38. The van der Waals surface area contributed by atoms with Crippen LogP contribution in [0.25, 0.3) is 0 Å². The van der Waals surface area contributed by atoms with Crippen molar-refractivity contribution in [3.8, 4) is 5.75 Å². The maximum absolute atomic E-state index is 12.4. The molecule has 0 bridgehead atoms. The molecule has 2 rings (SSSR count). The number of carbonyl (C=O) groups is 2. The molecule has 1 aromatic rings. The van der Waals surface area contributed by atoms with Crippen molar-refractivity contribution in [3.63, 3.8) is 0 Å². The minimum Gasteiger partial charge on any atom is -0.484 e. The second-order valence-corrected chi connectivity index (χ2v) is 5.20. The Morgan fingerprint density at radius 1 is 1.36 bits per heavy atom. The van der Waals surface area contributed by atoms with E-state index in [1.807, 2.05) is 6.92 Å². The van der Waals surface area contributed by atoms with E-state index in [0.717, 1.165) is 25.8 Å². The first-order chi connectivity index (χ1) is 10.1. The first kappa shape index (κ1) is 18.3. The molecule has 2 amide bonds. The van der Waals surface area contributed by atoms with Crippen LogP contribution in [0.4, 0.5) is 5.69 Å². The number of hydrogen-bond acceptors (Lipinski definition) is 4. The van der Waals surface area contributed by atoms with Crippen molar-refractivity contribution in [1.82, 2.24) is 5.32 Å². The van der Waals surface area contributed by atoms with Gasteiger partial charge in [-0.05, 0) is 50.1 Å². The smallest absolute Gasteiger partial charge is 0.255 e. The zero-order valence-corrected chi connectivity index (χ0v) is 13.4. The third-order valence-electron chi connectivity index (χ3n) is 3.78. The summed E-state index contributed by atoms with van der Waals surface area (Å²) in [6, 6.07) is 6.87. The van der Waals surface area contributed by atoms with Crippen LogP contribution in [0.5, 0.6) is 5.75 Å². The summed E-state index contributed by atoms with van der Waals surface area (Å²) in [5.41, 5.74) is 5.25. The lowest BCUT2D eigenvalue weighted by atomic mass is 9.93. The van der Waals surface area contributed by atoms with Crippen LogP contribution < -0.4 is 21.1 Å². The van der Waals surface area contributed by atoms with Crippen molar-refractivity contribution in [2.24, 2.45) is 5.73 Å². The van der Waals surface area contributed by atoms with E-state index in [1.54, 1.807) is 24.3 Å². The molecule has 1 heterocycles. The third kappa shape index (κ3) is 4.35. The Balaban J connectivity index is 0.00000242.